The molecule has 0 aliphatic carbocycles. The summed E-state index contributed by atoms with van der Waals surface area (Å²) in [4.78, 5) is 4.36. The molecule has 0 bridgehead atoms. The molecule has 14 heavy (non-hydrogen) atoms. The van der Waals surface area contributed by atoms with Crippen LogP contribution in [0.25, 0.3) is 0 Å². The number of nitriles is 1. The van der Waals surface area contributed by atoms with E-state index >= 15 is 0 Å². The highest BCUT2D eigenvalue weighted by atomic mass is 35.5. The van der Waals surface area contributed by atoms with E-state index in [0.29, 0.717) is 18.1 Å². The average molecular weight is 234 g/mol. The van der Waals surface area contributed by atoms with Crippen molar-refractivity contribution in [2.45, 2.75) is 0 Å². The summed E-state index contributed by atoms with van der Waals surface area (Å²) in [5, 5.41) is 9.18. The zero-order valence-corrected chi connectivity index (χ0v) is 9.43. The molecule has 1 heterocycles. The third-order valence-electron chi connectivity index (χ3n) is 2.25. The molecule has 0 radical (unpaired) electrons. The molecule has 0 saturated carbocycles. The van der Waals surface area contributed by atoms with Gasteiger partial charge >= 0.3 is 0 Å². The fraction of sp³-hybridized carbons (Fsp3) is 0.667. The zero-order chi connectivity index (χ0) is 10.4. The molecule has 1 aliphatic heterocycles. The predicted molar refractivity (Wildman–Crippen MR) is 58.3 cm³/mol. The second-order valence-electron chi connectivity index (χ2n) is 3.27. The van der Waals surface area contributed by atoms with Crippen LogP contribution in [-0.4, -0.2) is 49.1 Å². The molecular formula is C9H13Cl2N3. The topological polar surface area (TPSA) is 30.3 Å². The van der Waals surface area contributed by atoms with Gasteiger partial charge in [-0.15, -0.1) is 0 Å². The molecule has 0 atom stereocenters. The van der Waals surface area contributed by atoms with Gasteiger partial charge in [-0.3, -0.25) is 9.80 Å². The standard InChI is InChI=1S/C9H13Cl2N3/c10-7-9(11)8-14-5-3-13(2-1-12)4-6-14/h7H,2-6,8H2. The van der Waals surface area contributed by atoms with Crippen molar-refractivity contribution in [2.75, 3.05) is 39.3 Å². The van der Waals surface area contributed by atoms with Crippen molar-refractivity contribution in [3.63, 3.8) is 0 Å². The third kappa shape index (κ3) is 3.85. The lowest BCUT2D eigenvalue weighted by Gasteiger charge is -2.33. The Kier molecular flexibility index (Phi) is 5.28. The van der Waals surface area contributed by atoms with Crippen molar-refractivity contribution in [2.24, 2.45) is 0 Å². The van der Waals surface area contributed by atoms with Crippen LogP contribution >= 0.6 is 23.2 Å². The van der Waals surface area contributed by atoms with Crippen LogP contribution in [0, 0.1) is 11.3 Å². The number of nitrogens with zero attached hydrogens (tertiary/aromatic N) is 3. The summed E-state index contributed by atoms with van der Waals surface area (Å²) in [6.45, 7) is 4.99. The van der Waals surface area contributed by atoms with Crippen LogP contribution in [0.3, 0.4) is 0 Å². The van der Waals surface area contributed by atoms with E-state index in [-0.39, 0.29) is 0 Å². The van der Waals surface area contributed by atoms with Gasteiger partial charge < -0.3 is 0 Å². The highest BCUT2D eigenvalue weighted by molar-refractivity contribution is 6.36. The van der Waals surface area contributed by atoms with Crippen molar-refractivity contribution in [1.29, 1.82) is 5.26 Å². The molecule has 5 heteroatoms. The minimum Gasteiger partial charge on any atom is -0.296 e. The largest absolute Gasteiger partial charge is 0.296 e. The van der Waals surface area contributed by atoms with Gasteiger partial charge in [-0.1, -0.05) is 23.2 Å². The van der Waals surface area contributed by atoms with Gasteiger partial charge in [0.15, 0.2) is 0 Å². The van der Waals surface area contributed by atoms with Crippen LogP contribution in [0.15, 0.2) is 10.6 Å². The SMILES string of the molecule is N#CCN1CCN(CC(Cl)=CCl)CC1. The van der Waals surface area contributed by atoms with Crippen LogP contribution in [0.2, 0.25) is 0 Å². The maximum absolute atomic E-state index is 8.51. The van der Waals surface area contributed by atoms with E-state index < -0.39 is 0 Å². The molecule has 1 fully saturated rings. The van der Waals surface area contributed by atoms with E-state index in [1.165, 1.54) is 5.54 Å². The number of hydrogen-bond acceptors (Lipinski definition) is 3. The second-order valence-corrected chi connectivity index (χ2v) is 3.97. The number of halogens is 2. The van der Waals surface area contributed by atoms with Gasteiger partial charge in [-0.2, -0.15) is 5.26 Å². The molecule has 1 rings (SSSR count). The summed E-state index contributed by atoms with van der Waals surface area (Å²) in [5.41, 5.74) is 1.41. The molecule has 0 spiro atoms. The Balaban J connectivity index is 2.26. The van der Waals surface area contributed by atoms with E-state index in [1.54, 1.807) is 0 Å². The highest BCUT2D eigenvalue weighted by Crippen LogP contribution is 2.08. The molecule has 3 nitrogen and oxygen atoms in total. The zero-order valence-electron chi connectivity index (χ0n) is 7.92. The van der Waals surface area contributed by atoms with Gasteiger partial charge in [-0.05, 0) is 0 Å². The van der Waals surface area contributed by atoms with Gasteiger partial charge in [-0.25, -0.2) is 0 Å². The summed E-state index contributed by atoms with van der Waals surface area (Å²) < 4.78 is 0. The minimum atomic E-state index is 0.521. The molecule has 1 saturated heterocycles. The Bertz CT molecular complexity index is 239. The van der Waals surface area contributed by atoms with Crippen molar-refractivity contribution in [3.05, 3.63) is 10.6 Å². The van der Waals surface area contributed by atoms with Crippen LogP contribution in [0.5, 0.6) is 0 Å². The fourth-order valence-electron chi connectivity index (χ4n) is 1.45. The van der Waals surface area contributed by atoms with E-state index in [0.717, 1.165) is 26.2 Å². The summed E-state index contributed by atoms with van der Waals surface area (Å²) in [6.07, 6.45) is 0. The Morgan fingerprint density at radius 2 is 1.86 bits per heavy atom. The van der Waals surface area contributed by atoms with Gasteiger partial charge in [0.25, 0.3) is 0 Å². The lowest BCUT2D eigenvalue weighted by atomic mass is 10.3. The summed E-state index contributed by atoms with van der Waals surface area (Å²) >= 11 is 11.3. The first-order chi connectivity index (χ1) is 6.76. The maximum Gasteiger partial charge on any atom is 0.0866 e. The Labute approximate surface area is 94.5 Å². The van der Waals surface area contributed by atoms with E-state index in [2.05, 4.69) is 15.9 Å². The third-order valence-corrected chi connectivity index (χ3v) is 2.86. The van der Waals surface area contributed by atoms with Crippen molar-refractivity contribution in [3.8, 4) is 6.07 Å². The second kappa shape index (κ2) is 6.26. The normalized spacial score (nSPS) is 20.8. The number of piperazine rings is 1. The molecule has 0 aromatic rings. The maximum atomic E-state index is 8.51. The smallest absolute Gasteiger partial charge is 0.0866 e. The summed E-state index contributed by atoms with van der Waals surface area (Å²) in [5.74, 6) is 0. The average Bonchev–Trinajstić information content (AvgIpc) is 2.21. The van der Waals surface area contributed by atoms with Gasteiger partial charge in [0.1, 0.15) is 0 Å². The molecule has 1 aliphatic rings. The molecule has 0 amide bonds. The monoisotopic (exact) mass is 233 g/mol. The molecule has 0 N–H and O–H groups in total. The highest BCUT2D eigenvalue weighted by Gasteiger charge is 2.16. The molecule has 0 aromatic carbocycles. The van der Waals surface area contributed by atoms with Crippen molar-refractivity contribution < 1.29 is 0 Å². The predicted octanol–water partition coefficient (Wildman–Crippen LogP) is 1.45. The minimum absolute atomic E-state index is 0.521. The number of hydrogen-bond donors (Lipinski definition) is 0. The van der Waals surface area contributed by atoms with Crippen LogP contribution in [-0.2, 0) is 0 Å². The quantitative estimate of drug-likeness (QED) is 0.692. The van der Waals surface area contributed by atoms with Crippen LogP contribution in [0.1, 0.15) is 0 Å². The van der Waals surface area contributed by atoms with Crippen LogP contribution < -0.4 is 0 Å². The van der Waals surface area contributed by atoms with E-state index in [1.807, 2.05) is 0 Å². The van der Waals surface area contributed by atoms with Gasteiger partial charge in [0.05, 0.1) is 12.6 Å². The summed E-state index contributed by atoms with van der Waals surface area (Å²) in [6, 6.07) is 2.15. The number of rotatable bonds is 3. The Morgan fingerprint density at radius 3 is 2.36 bits per heavy atom. The molecule has 78 valence electrons. The first-order valence-corrected chi connectivity index (χ1v) is 5.34. The van der Waals surface area contributed by atoms with Gasteiger partial charge in [0, 0.05) is 43.3 Å². The van der Waals surface area contributed by atoms with E-state index in [4.69, 9.17) is 28.5 Å². The van der Waals surface area contributed by atoms with E-state index in [9.17, 15) is 0 Å². The molecule has 0 unspecified atom stereocenters. The fourth-order valence-corrected chi connectivity index (χ4v) is 1.69. The lowest BCUT2D eigenvalue weighted by molar-refractivity contribution is 0.154. The lowest BCUT2D eigenvalue weighted by Crippen LogP contribution is -2.46. The van der Waals surface area contributed by atoms with Crippen LogP contribution in [0.4, 0.5) is 0 Å². The van der Waals surface area contributed by atoms with Crippen molar-refractivity contribution in [1.82, 2.24) is 9.80 Å². The first kappa shape index (κ1) is 11.8. The Hall–Kier alpha value is -0.270. The Morgan fingerprint density at radius 1 is 1.29 bits per heavy atom. The molecular weight excluding hydrogens is 221 g/mol. The van der Waals surface area contributed by atoms with Crippen molar-refractivity contribution >= 4 is 23.2 Å². The first-order valence-electron chi connectivity index (χ1n) is 4.52. The van der Waals surface area contributed by atoms with Gasteiger partial charge in [0.2, 0.25) is 0 Å². The molecule has 0 aromatic heterocycles. The summed E-state index contributed by atoms with van der Waals surface area (Å²) in [7, 11) is 0.